The van der Waals surface area contributed by atoms with Gasteiger partial charge in [0.25, 0.3) is 10.1 Å². The molecule has 1 aromatic carbocycles. The molecule has 0 aromatic heterocycles. The van der Waals surface area contributed by atoms with Crippen molar-refractivity contribution in [3.05, 3.63) is 29.8 Å². The minimum absolute atomic E-state index is 0.192. The van der Waals surface area contributed by atoms with Crippen molar-refractivity contribution < 1.29 is 26.9 Å². The van der Waals surface area contributed by atoms with Crippen LogP contribution in [-0.2, 0) is 19.0 Å². The molecular formula is C21H35NO6S. The summed E-state index contributed by atoms with van der Waals surface area (Å²) in [5.74, 6) is 0.766. The summed E-state index contributed by atoms with van der Waals surface area (Å²) in [7, 11) is -3.33. The Morgan fingerprint density at radius 3 is 2.31 bits per heavy atom. The molecule has 0 spiro atoms. The van der Waals surface area contributed by atoms with Gasteiger partial charge in [0.05, 0.1) is 25.5 Å². The molecule has 166 valence electrons. The van der Waals surface area contributed by atoms with Gasteiger partial charge in [0, 0.05) is 0 Å². The van der Waals surface area contributed by atoms with E-state index in [0.717, 1.165) is 49.7 Å². The van der Waals surface area contributed by atoms with Crippen LogP contribution in [0.5, 0.6) is 5.75 Å². The first-order chi connectivity index (χ1) is 13.5. The Morgan fingerprint density at radius 1 is 1.07 bits per heavy atom. The second kappa shape index (κ2) is 12.0. The highest BCUT2D eigenvalue weighted by molar-refractivity contribution is 7.85. The summed E-state index contributed by atoms with van der Waals surface area (Å²) in [5.41, 5.74) is 0.411. The van der Waals surface area contributed by atoms with Crippen molar-refractivity contribution in [3.63, 3.8) is 0 Å². The van der Waals surface area contributed by atoms with Crippen LogP contribution in [0.1, 0.15) is 71.4 Å². The maximum atomic E-state index is 11.9. The van der Waals surface area contributed by atoms with E-state index >= 15 is 0 Å². The van der Waals surface area contributed by atoms with E-state index in [9.17, 15) is 13.2 Å². The highest BCUT2D eigenvalue weighted by Crippen LogP contribution is 2.20. The molecule has 7 nitrogen and oxygen atoms in total. The van der Waals surface area contributed by atoms with E-state index in [2.05, 4.69) is 5.32 Å². The molecule has 0 bridgehead atoms. The molecule has 0 heterocycles. The van der Waals surface area contributed by atoms with Crippen LogP contribution in [0.3, 0.4) is 0 Å². The standard InChI is InChI=1S/C21H35NO6S/c1-17(22-20(23)28-21(2,3)4)18-12-11-13-19(16-18)26-14-9-7-6-8-10-15-27-29(5,24)25/h11-13,16-17H,6-10,14-15H2,1-5H3,(H,22,23)/t17-/m1/s1. The van der Waals surface area contributed by atoms with Crippen LogP contribution < -0.4 is 10.1 Å². The fourth-order valence-corrected chi connectivity index (χ4v) is 3.00. The lowest BCUT2D eigenvalue weighted by Crippen LogP contribution is -2.34. The van der Waals surface area contributed by atoms with E-state index in [0.29, 0.717) is 6.61 Å². The van der Waals surface area contributed by atoms with Crippen molar-refractivity contribution in [2.24, 2.45) is 0 Å². The lowest BCUT2D eigenvalue weighted by Gasteiger charge is -2.22. The van der Waals surface area contributed by atoms with E-state index in [-0.39, 0.29) is 12.6 Å². The Kier molecular flexibility index (Phi) is 10.5. The van der Waals surface area contributed by atoms with Gasteiger partial charge in [0.2, 0.25) is 0 Å². The summed E-state index contributed by atoms with van der Waals surface area (Å²) in [6, 6.07) is 7.46. The summed E-state index contributed by atoms with van der Waals surface area (Å²) in [6.45, 7) is 8.24. The summed E-state index contributed by atoms with van der Waals surface area (Å²) >= 11 is 0. The first-order valence-electron chi connectivity index (χ1n) is 10.0. The molecule has 0 radical (unpaired) electrons. The molecule has 1 atom stereocenters. The summed E-state index contributed by atoms with van der Waals surface area (Å²) in [6.07, 6.45) is 5.22. The third kappa shape index (κ3) is 13.1. The van der Waals surface area contributed by atoms with Gasteiger partial charge in [0.15, 0.2) is 0 Å². The van der Waals surface area contributed by atoms with Gasteiger partial charge in [-0.05, 0) is 58.2 Å². The highest BCUT2D eigenvalue weighted by atomic mass is 32.2. The third-order valence-electron chi connectivity index (χ3n) is 3.95. The van der Waals surface area contributed by atoms with E-state index in [1.54, 1.807) is 0 Å². The number of hydrogen-bond acceptors (Lipinski definition) is 6. The van der Waals surface area contributed by atoms with E-state index < -0.39 is 21.8 Å². The topological polar surface area (TPSA) is 90.9 Å². The maximum Gasteiger partial charge on any atom is 0.408 e. The molecule has 1 aromatic rings. The fourth-order valence-electron chi connectivity index (χ4n) is 2.58. The smallest absolute Gasteiger partial charge is 0.408 e. The molecule has 0 aliphatic heterocycles. The summed E-state index contributed by atoms with van der Waals surface area (Å²) < 4.78 is 37.5. The second-order valence-corrected chi connectivity index (χ2v) is 9.73. The quantitative estimate of drug-likeness (QED) is 0.386. The number of carbonyl (C=O) groups is 1. The fraction of sp³-hybridized carbons (Fsp3) is 0.667. The molecule has 29 heavy (non-hydrogen) atoms. The van der Waals surface area contributed by atoms with Gasteiger partial charge in [-0.25, -0.2) is 4.79 Å². The number of carbonyl (C=O) groups excluding carboxylic acids is 1. The molecule has 1 N–H and O–H groups in total. The second-order valence-electron chi connectivity index (χ2n) is 8.08. The van der Waals surface area contributed by atoms with Gasteiger partial charge in [-0.2, -0.15) is 8.42 Å². The Labute approximate surface area is 175 Å². The number of alkyl carbamates (subject to hydrolysis) is 1. The third-order valence-corrected chi connectivity index (χ3v) is 4.54. The van der Waals surface area contributed by atoms with Crippen LogP contribution in [0.4, 0.5) is 4.79 Å². The zero-order valence-corrected chi connectivity index (χ0v) is 19.0. The molecule has 0 saturated heterocycles. The van der Waals surface area contributed by atoms with Crippen molar-refractivity contribution in [2.75, 3.05) is 19.5 Å². The largest absolute Gasteiger partial charge is 0.494 e. The van der Waals surface area contributed by atoms with Crippen LogP contribution in [0, 0.1) is 0 Å². The van der Waals surface area contributed by atoms with E-state index in [1.165, 1.54) is 0 Å². The van der Waals surface area contributed by atoms with Gasteiger partial charge in [0.1, 0.15) is 11.4 Å². The summed E-state index contributed by atoms with van der Waals surface area (Å²) in [5, 5.41) is 2.83. The molecule has 0 aliphatic carbocycles. The first kappa shape index (κ1) is 25.2. The number of benzene rings is 1. The first-order valence-corrected chi connectivity index (χ1v) is 11.8. The van der Waals surface area contributed by atoms with Gasteiger partial charge < -0.3 is 14.8 Å². The molecule has 0 unspecified atom stereocenters. The minimum Gasteiger partial charge on any atom is -0.494 e. The number of ether oxygens (including phenoxy) is 2. The Balaban J connectivity index is 2.27. The van der Waals surface area contributed by atoms with Gasteiger partial charge in [-0.3, -0.25) is 4.18 Å². The average molecular weight is 430 g/mol. The van der Waals surface area contributed by atoms with Crippen LogP contribution in [0.25, 0.3) is 0 Å². The van der Waals surface area contributed by atoms with Crippen molar-refractivity contribution >= 4 is 16.2 Å². The lowest BCUT2D eigenvalue weighted by molar-refractivity contribution is 0.0507. The van der Waals surface area contributed by atoms with Crippen LogP contribution in [0.15, 0.2) is 24.3 Å². The number of unbranched alkanes of at least 4 members (excludes halogenated alkanes) is 4. The Morgan fingerprint density at radius 2 is 1.69 bits per heavy atom. The van der Waals surface area contributed by atoms with Crippen LogP contribution in [0.2, 0.25) is 0 Å². The number of amides is 1. The van der Waals surface area contributed by atoms with E-state index in [1.807, 2.05) is 52.0 Å². The monoisotopic (exact) mass is 429 g/mol. The minimum atomic E-state index is -3.33. The molecule has 0 aliphatic rings. The van der Waals surface area contributed by atoms with Crippen LogP contribution >= 0.6 is 0 Å². The SMILES string of the molecule is C[C@@H](NC(=O)OC(C)(C)C)c1cccc(OCCCCCCCOS(C)(=O)=O)c1. The Bertz CT molecular complexity index is 727. The lowest BCUT2D eigenvalue weighted by atomic mass is 10.1. The maximum absolute atomic E-state index is 11.9. The van der Waals surface area contributed by atoms with Gasteiger partial charge in [-0.1, -0.05) is 31.4 Å². The predicted octanol–water partition coefficient (Wildman–Crippen LogP) is 4.58. The summed E-state index contributed by atoms with van der Waals surface area (Å²) in [4.78, 5) is 11.9. The zero-order chi connectivity index (χ0) is 21.9. The van der Waals surface area contributed by atoms with Crippen molar-refractivity contribution in [1.82, 2.24) is 5.32 Å². The van der Waals surface area contributed by atoms with E-state index in [4.69, 9.17) is 13.7 Å². The molecule has 0 fully saturated rings. The van der Waals surface area contributed by atoms with Gasteiger partial charge in [-0.15, -0.1) is 0 Å². The predicted molar refractivity (Wildman–Crippen MR) is 114 cm³/mol. The van der Waals surface area contributed by atoms with Gasteiger partial charge >= 0.3 is 6.09 Å². The van der Waals surface area contributed by atoms with Crippen molar-refractivity contribution in [2.45, 2.75) is 71.4 Å². The zero-order valence-electron chi connectivity index (χ0n) is 18.2. The molecular weight excluding hydrogens is 394 g/mol. The molecule has 1 rings (SSSR count). The number of hydrogen-bond donors (Lipinski definition) is 1. The van der Waals surface area contributed by atoms with Crippen molar-refractivity contribution in [1.29, 1.82) is 0 Å². The van der Waals surface area contributed by atoms with Crippen molar-refractivity contribution in [3.8, 4) is 5.75 Å². The van der Waals surface area contributed by atoms with Crippen LogP contribution in [-0.4, -0.2) is 39.6 Å². The molecule has 8 heteroatoms. The number of rotatable bonds is 12. The molecule has 1 amide bonds. The molecule has 0 saturated carbocycles. The Hall–Kier alpha value is -1.80. The normalized spacial score (nSPS) is 13.0. The highest BCUT2D eigenvalue weighted by Gasteiger charge is 2.18. The average Bonchev–Trinajstić information content (AvgIpc) is 2.58. The number of nitrogens with one attached hydrogen (secondary N) is 1.